The number of para-hydroxylation sites is 1. The van der Waals surface area contributed by atoms with Gasteiger partial charge in [0, 0.05) is 22.1 Å². The van der Waals surface area contributed by atoms with Gasteiger partial charge in [0.05, 0.1) is 0 Å². The smallest absolute Gasteiger partial charge is 0.120 e. The van der Waals surface area contributed by atoms with E-state index in [2.05, 4.69) is 41.2 Å². The fourth-order valence-electron chi connectivity index (χ4n) is 2.23. The van der Waals surface area contributed by atoms with Crippen LogP contribution in [0.2, 0.25) is 0 Å². The molecule has 0 aliphatic heterocycles. The largest absolute Gasteiger partial charge is 0.508 e. The van der Waals surface area contributed by atoms with Crippen LogP contribution in [0.4, 0.5) is 0 Å². The van der Waals surface area contributed by atoms with Gasteiger partial charge < -0.3 is 10.4 Å². The Morgan fingerprint density at radius 3 is 2.05 bits per heavy atom. The van der Waals surface area contributed by atoms with Gasteiger partial charge in [0.15, 0.2) is 0 Å². The number of phenolic OH excluding ortho intramolecular Hbond substituents is 1. The fourth-order valence-corrected chi connectivity index (χ4v) is 2.86. The summed E-state index contributed by atoms with van der Waals surface area (Å²) >= 11 is 3.57. The molecule has 0 aliphatic rings. The van der Waals surface area contributed by atoms with Gasteiger partial charge in [-0.15, -0.1) is 0 Å². The molecule has 0 bridgehead atoms. The number of benzene rings is 2. The summed E-state index contributed by atoms with van der Waals surface area (Å²) in [6.07, 6.45) is 0. The summed E-state index contributed by atoms with van der Waals surface area (Å²) in [5, 5.41) is 13.4. The van der Waals surface area contributed by atoms with Crippen molar-refractivity contribution >= 4 is 15.9 Å². The quantitative estimate of drug-likeness (QED) is 0.865. The maximum Gasteiger partial charge on any atom is 0.120 e. The van der Waals surface area contributed by atoms with Crippen LogP contribution in [0.1, 0.15) is 37.1 Å². The zero-order valence-corrected chi connectivity index (χ0v) is 12.7. The van der Waals surface area contributed by atoms with Gasteiger partial charge in [-0.1, -0.05) is 52.3 Å². The molecule has 0 saturated carbocycles. The Morgan fingerprint density at radius 1 is 0.895 bits per heavy atom. The molecular formula is C16H18BrNO. The molecule has 0 aromatic heterocycles. The van der Waals surface area contributed by atoms with Crippen molar-refractivity contribution in [2.24, 2.45) is 0 Å². The summed E-state index contributed by atoms with van der Waals surface area (Å²) in [6, 6.07) is 15.9. The van der Waals surface area contributed by atoms with Crippen molar-refractivity contribution in [3.05, 3.63) is 64.1 Å². The molecule has 0 heterocycles. The maximum atomic E-state index is 9.87. The number of phenols is 1. The van der Waals surface area contributed by atoms with Crippen LogP contribution in [-0.4, -0.2) is 5.11 Å². The molecule has 2 rings (SSSR count). The van der Waals surface area contributed by atoms with Crippen LogP contribution in [0.3, 0.4) is 0 Å². The van der Waals surface area contributed by atoms with Gasteiger partial charge in [-0.25, -0.2) is 0 Å². The van der Waals surface area contributed by atoms with E-state index in [1.807, 2.05) is 36.4 Å². The van der Waals surface area contributed by atoms with Crippen molar-refractivity contribution in [3.8, 4) is 5.75 Å². The second-order valence-corrected chi connectivity index (χ2v) is 5.54. The second-order valence-electron chi connectivity index (χ2n) is 4.69. The first kappa shape index (κ1) is 14.1. The summed E-state index contributed by atoms with van der Waals surface area (Å²) in [5.41, 5.74) is 2.13. The number of hydrogen-bond donors (Lipinski definition) is 2. The average molecular weight is 320 g/mol. The van der Waals surface area contributed by atoms with E-state index in [1.54, 1.807) is 6.07 Å². The highest BCUT2D eigenvalue weighted by Gasteiger charge is 2.15. The third kappa shape index (κ3) is 3.37. The average Bonchev–Trinajstić information content (AvgIpc) is 2.39. The molecule has 0 fully saturated rings. The number of hydrogen-bond acceptors (Lipinski definition) is 2. The van der Waals surface area contributed by atoms with Crippen LogP contribution in [-0.2, 0) is 0 Å². The third-order valence-corrected chi connectivity index (χ3v) is 4.00. The normalized spacial score (nSPS) is 14.1. The Labute approximate surface area is 122 Å². The SMILES string of the molecule is CC(N[C@H](C)c1ccccc1Br)c1ccccc1O. The van der Waals surface area contributed by atoms with Crippen LogP contribution in [0.15, 0.2) is 53.0 Å². The van der Waals surface area contributed by atoms with E-state index in [-0.39, 0.29) is 12.1 Å². The highest BCUT2D eigenvalue weighted by molar-refractivity contribution is 9.10. The number of aromatic hydroxyl groups is 1. The molecule has 100 valence electrons. The summed E-state index contributed by atoms with van der Waals surface area (Å²) in [7, 11) is 0. The molecule has 2 atom stereocenters. The third-order valence-electron chi connectivity index (χ3n) is 3.27. The Balaban J connectivity index is 2.13. The first-order chi connectivity index (χ1) is 9.09. The highest BCUT2D eigenvalue weighted by atomic mass is 79.9. The standard InChI is InChI=1S/C16H18BrNO/c1-11(13-7-3-5-9-15(13)17)18-12(2)14-8-4-6-10-16(14)19/h3-12,18-19H,1-2H3/t11-,12?/m1/s1. The molecule has 0 radical (unpaired) electrons. The van der Waals surface area contributed by atoms with E-state index in [0.29, 0.717) is 5.75 Å². The van der Waals surface area contributed by atoms with Crippen molar-refractivity contribution < 1.29 is 5.11 Å². The molecule has 0 spiro atoms. The molecular weight excluding hydrogens is 302 g/mol. The van der Waals surface area contributed by atoms with E-state index in [4.69, 9.17) is 0 Å². The van der Waals surface area contributed by atoms with Crippen molar-refractivity contribution in [2.45, 2.75) is 25.9 Å². The summed E-state index contributed by atoms with van der Waals surface area (Å²) < 4.78 is 1.10. The Morgan fingerprint density at radius 2 is 1.42 bits per heavy atom. The van der Waals surface area contributed by atoms with Gasteiger partial charge in [0.2, 0.25) is 0 Å². The van der Waals surface area contributed by atoms with Crippen LogP contribution >= 0.6 is 15.9 Å². The first-order valence-corrected chi connectivity index (χ1v) is 7.17. The Hall–Kier alpha value is -1.32. The lowest BCUT2D eigenvalue weighted by atomic mass is 10.0. The zero-order chi connectivity index (χ0) is 13.8. The van der Waals surface area contributed by atoms with Crippen LogP contribution < -0.4 is 5.32 Å². The van der Waals surface area contributed by atoms with Crippen LogP contribution in [0, 0.1) is 0 Å². The molecule has 0 amide bonds. The van der Waals surface area contributed by atoms with Gasteiger partial charge in [-0.05, 0) is 31.5 Å². The number of halogens is 1. The minimum absolute atomic E-state index is 0.0864. The van der Waals surface area contributed by atoms with E-state index >= 15 is 0 Å². The Kier molecular flexibility index (Phi) is 4.61. The van der Waals surface area contributed by atoms with Gasteiger partial charge in [-0.2, -0.15) is 0 Å². The molecule has 2 nitrogen and oxygen atoms in total. The molecule has 0 saturated heterocycles. The Bertz CT molecular complexity index is 506. The van der Waals surface area contributed by atoms with Crippen molar-refractivity contribution in [1.82, 2.24) is 5.32 Å². The summed E-state index contributed by atoms with van der Waals surface area (Å²) in [4.78, 5) is 0. The molecule has 0 aliphatic carbocycles. The van der Waals surface area contributed by atoms with E-state index in [1.165, 1.54) is 5.56 Å². The topological polar surface area (TPSA) is 32.3 Å². The second kappa shape index (κ2) is 6.22. The summed E-state index contributed by atoms with van der Waals surface area (Å²) in [6.45, 7) is 4.18. The minimum atomic E-state index is 0.0864. The van der Waals surface area contributed by atoms with Gasteiger partial charge in [0.1, 0.15) is 5.75 Å². The predicted molar refractivity (Wildman–Crippen MR) is 82.2 cm³/mol. The molecule has 1 unspecified atom stereocenters. The van der Waals surface area contributed by atoms with E-state index in [9.17, 15) is 5.11 Å². The zero-order valence-electron chi connectivity index (χ0n) is 11.1. The lowest BCUT2D eigenvalue weighted by Gasteiger charge is -2.22. The fraction of sp³-hybridized carbons (Fsp3) is 0.250. The monoisotopic (exact) mass is 319 g/mol. The molecule has 19 heavy (non-hydrogen) atoms. The van der Waals surface area contributed by atoms with Crippen LogP contribution in [0.25, 0.3) is 0 Å². The lowest BCUT2D eigenvalue weighted by Crippen LogP contribution is -2.22. The van der Waals surface area contributed by atoms with Gasteiger partial charge in [0.25, 0.3) is 0 Å². The molecule has 2 aromatic rings. The lowest BCUT2D eigenvalue weighted by molar-refractivity contribution is 0.438. The van der Waals surface area contributed by atoms with Gasteiger partial charge >= 0.3 is 0 Å². The first-order valence-electron chi connectivity index (χ1n) is 6.38. The maximum absolute atomic E-state index is 9.87. The van der Waals surface area contributed by atoms with Crippen molar-refractivity contribution in [2.75, 3.05) is 0 Å². The van der Waals surface area contributed by atoms with Crippen molar-refractivity contribution in [1.29, 1.82) is 0 Å². The van der Waals surface area contributed by atoms with Crippen LogP contribution in [0.5, 0.6) is 5.75 Å². The van der Waals surface area contributed by atoms with Gasteiger partial charge in [-0.3, -0.25) is 0 Å². The predicted octanol–water partition coefficient (Wildman–Crippen LogP) is 4.57. The minimum Gasteiger partial charge on any atom is -0.508 e. The van der Waals surface area contributed by atoms with E-state index < -0.39 is 0 Å². The molecule has 2 N–H and O–H groups in total. The highest BCUT2D eigenvalue weighted by Crippen LogP contribution is 2.28. The number of nitrogens with one attached hydrogen (secondary N) is 1. The summed E-state index contributed by atoms with van der Waals surface area (Å²) in [5.74, 6) is 0.335. The van der Waals surface area contributed by atoms with E-state index in [0.717, 1.165) is 10.0 Å². The molecule has 3 heteroatoms. The van der Waals surface area contributed by atoms with Crippen molar-refractivity contribution in [3.63, 3.8) is 0 Å². The number of rotatable bonds is 4. The molecule has 2 aromatic carbocycles.